The van der Waals surface area contributed by atoms with Gasteiger partial charge in [-0.2, -0.15) is 0 Å². The van der Waals surface area contributed by atoms with Crippen molar-refractivity contribution in [3.05, 3.63) is 0 Å². The Bertz CT molecular complexity index is 341. The predicted octanol–water partition coefficient (Wildman–Crippen LogP) is 0.586. The maximum Gasteiger partial charge on any atom is 0.232 e. The Morgan fingerprint density at radius 1 is 1.20 bits per heavy atom. The van der Waals surface area contributed by atoms with Gasteiger partial charge in [0, 0.05) is 25.7 Å². The van der Waals surface area contributed by atoms with Gasteiger partial charge in [0.25, 0.3) is 0 Å². The van der Waals surface area contributed by atoms with Crippen molar-refractivity contribution < 1.29 is 9.59 Å². The van der Waals surface area contributed by atoms with Crippen LogP contribution in [0.4, 0.5) is 0 Å². The fraction of sp³-hybridized carbons (Fsp3) is 0.857. The molecule has 0 bridgehead atoms. The molecule has 1 unspecified atom stereocenters. The quantitative estimate of drug-likeness (QED) is 0.721. The Morgan fingerprint density at radius 3 is 2.55 bits per heavy atom. The first-order valence-electron chi connectivity index (χ1n) is 7.54. The van der Waals surface area contributed by atoms with Crippen LogP contribution in [0.5, 0.6) is 0 Å². The fourth-order valence-corrected chi connectivity index (χ4v) is 3.19. The van der Waals surface area contributed by atoms with E-state index in [-0.39, 0.29) is 17.9 Å². The molecule has 0 aromatic heterocycles. The summed E-state index contributed by atoms with van der Waals surface area (Å²) >= 11 is 1.39. The summed E-state index contributed by atoms with van der Waals surface area (Å²) in [7, 11) is 0. The van der Waals surface area contributed by atoms with E-state index < -0.39 is 0 Å². The molecule has 0 radical (unpaired) electrons. The highest BCUT2D eigenvalue weighted by molar-refractivity contribution is 8.00. The summed E-state index contributed by atoms with van der Waals surface area (Å²) in [4.78, 5) is 25.4. The molecule has 2 rings (SSSR count). The molecule has 6 heteroatoms. The van der Waals surface area contributed by atoms with Crippen molar-refractivity contribution in [1.29, 1.82) is 0 Å². The number of piperidine rings is 1. The van der Waals surface area contributed by atoms with E-state index in [1.54, 1.807) is 0 Å². The number of rotatable bonds is 7. The van der Waals surface area contributed by atoms with Gasteiger partial charge in [0.1, 0.15) is 0 Å². The Labute approximate surface area is 125 Å². The van der Waals surface area contributed by atoms with E-state index in [9.17, 15) is 9.59 Å². The molecule has 20 heavy (non-hydrogen) atoms. The number of amides is 2. The standard InChI is InChI=1S/C14H25N3O2S/c15-12(11-4-5-11)8-16-13(18)9-20-10-14(19)17-6-2-1-3-7-17/h11-12H,1-10,15H2,(H,16,18). The van der Waals surface area contributed by atoms with Crippen LogP contribution in [-0.4, -0.2) is 53.9 Å². The SMILES string of the molecule is NC(CNC(=O)CSCC(=O)N1CCCCC1)C1CC1. The molecule has 1 saturated carbocycles. The Balaban J connectivity index is 1.52. The number of hydrogen-bond acceptors (Lipinski definition) is 4. The summed E-state index contributed by atoms with van der Waals surface area (Å²) in [6.45, 7) is 2.31. The molecule has 2 fully saturated rings. The third-order valence-corrected chi connectivity index (χ3v) is 4.85. The molecule has 0 aromatic rings. The molecule has 2 aliphatic rings. The first-order valence-corrected chi connectivity index (χ1v) is 8.70. The molecule has 1 atom stereocenters. The number of carbonyl (C=O) groups excluding carboxylic acids is 2. The minimum absolute atomic E-state index is 0.0162. The van der Waals surface area contributed by atoms with Crippen LogP contribution >= 0.6 is 11.8 Å². The van der Waals surface area contributed by atoms with Crippen molar-refractivity contribution >= 4 is 23.6 Å². The molecule has 0 aromatic carbocycles. The molecule has 114 valence electrons. The molecule has 0 spiro atoms. The topological polar surface area (TPSA) is 75.4 Å². The Morgan fingerprint density at radius 2 is 1.90 bits per heavy atom. The van der Waals surface area contributed by atoms with Gasteiger partial charge in [0.15, 0.2) is 0 Å². The Hall–Kier alpha value is -0.750. The highest BCUT2D eigenvalue weighted by Crippen LogP contribution is 2.31. The molecule has 5 nitrogen and oxygen atoms in total. The van der Waals surface area contributed by atoms with Gasteiger partial charge in [-0.3, -0.25) is 9.59 Å². The maximum atomic E-state index is 11.9. The summed E-state index contributed by atoms with van der Waals surface area (Å²) in [5.41, 5.74) is 5.92. The van der Waals surface area contributed by atoms with Crippen LogP contribution in [0.15, 0.2) is 0 Å². The van der Waals surface area contributed by atoms with Crippen LogP contribution in [0.1, 0.15) is 32.1 Å². The lowest BCUT2D eigenvalue weighted by Gasteiger charge is -2.26. The van der Waals surface area contributed by atoms with E-state index in [2.05, 4.69) is 5.32 Å². The number of nitrogens with one attached hydrogen (secondary N) is 1. The van der Waals surface area contributed by atoms with E-state index in [1.807, 2.05) is 4.90 Å². The highest BCUT2D eigenvalue weighted by Gasteiger charge is 2.28. The smallest absolute Gasteiger partial charge is 0.232 e. The zero-order valence-corrected chi connectivity index (χ0v) is 12.8. The second-order valence-corrected chi connectivity index (χ2v) is 6.73. The molecule has 1 aliphatic heterocycles. The fourth-order valence-electron chi connectivity index (χ4n) is 2.44. The summed E-state index contributed by atoms with van der Waals surface area (Å²) in [5, 5.41) is 2.85. The molecule has 3 N–H and O–H groups in total. The number of thioether (sulfide) groups is 1. The second-order valence-electron chi connectivity index (χ2n) is 5.74. The molecule has 2 amide bonds. The second kappa shape index (κ2) is 7.88. The molecule has 1 aliphatic carbocycles. The lowest BCUT2D eigenvalue weighted by molar-refractivity contribution is -0.129. The number of carbonyl (C=O) groups is 2. The summed E-state index contributed by atoms with van der Waals surface area (Å²) in [6, 6.07) is 0.0962. The summed E-state index contributed by atoms with van der Waals surface area (Å²) < 4.78 is 0. The molecule has 1 saturated heterocycles. The van der Waals surface area contributed by atoms with Gasteiger partial charge >= 0.3 is 0 Å². The van der Waals surface area contributed by atoms with E-state index in [0.717, 1.165) is 25.9 Å². The maximum absolute atomic E-state index is 11.9. The predicted molar refractivity (Wildman–Crippen MR) is 81.5 cm³/mol. The van der Waals surface area contributed by atoms with Crippen LogP contribution < -0.4 is 11.1 Å². The zero-order chi connectivity index (χ0) is 14.4. The van der Waals surface area contributed by atoms with Crippen molar-refractivity contribution in [2.75, 3.05) is 31.1 Å². The minimum atomic E-state index is -0.0162. The minimum Gasteiger partial charge on any atom is -0.354 e. The van der Waals surface area contributed by atoms with Gasteiger partial charge in [-0.05, 0) is 38.0 Å². The number of nitrogens with two attached hydrogens (primary N) is 1. The van der Waals surface area contributed by atoms with Gasteiger partial charge in [-0.1, -0.05) is 0 Å². The summed E-state index contributed by atoms with van der Waals surface area (Å²) in [6.07, 6.45) is 5.82. The van der Waals surface area contributed by atoms with Crippen molar-refractivity contribution in [2.45, 2.75) is 38.1 Å². The van der Waals surface area contributed by atoms with Crippen molar-refractivity contribution in [1.82, 2.24) is 10.2 Å². The van der Waals surface area contributed by atoms with Gasteiger partial charge in [0.05, 0.1) is 11.5 Å². The van der Waals surface area contributed by atoms with E-state index >= 15 is 0 Å². The van der Waals surface area contributed by atoms with Crippen LogP contribution in [0.3, 0.4) is 0 Å². The normalized spacial score (nSPS) is 20.6. The number of nitrogens with zero attached hydrogens (tertiary/aromatic N) is 1. The molecule has 1 heterocycles. The number of likely N-dealkylation sites (tertiary alicyclic amines) is 1. The van der Waals surface area contributed by atoms with E-state index in [1.165, 1.54) is 31.0 Å². The van der Waals surface area contributed by atoms with E-state index in [0.29, 0.717) is 24.0 Å². The van der Waals surface area contributed by atoms with Gasteiger partial charge in [-0.15, -0.1) is 11.8 Å². The lowest BCUT2D eigenvalue weighted by atomic mass is 10.1. The molecular weight excluding hydrogens is 274 g/mol. The van der Waals surface area contributed by atoms with Gasteiger partial charge < -0.3 is 16.0 Å². The number of hydrogen-bond donors (Lipinski definition) is 2. The van der Waals surface area contributed by atoms with Crippen LogP contribution in [-0.2, 0) is 9.59 Å². The van der Waals surface area contributed by atoms with Crippen LogP contribution in [0, 0.1) is 5.92 Å². The first-order chi connectivity index (χ1) is 9.66. The monoisotopic (exact) mass is 299 g/mol. The largest absolute Gasteiger partial charge is 0.354 e. The van der Waals surface area contributed by atoms with E-state index in [4.69, 9.17) is 5.73 Å². The van der Waals surface area contributed by atoms with Crippen LogP contribution in [0.25, 0.3) is 0 Å². The van der Waals surface area contributed by atoms with Crippen molar-refractivity contribution in [2.24, 2.45) is 11.7 Å². The first kappa shape index (κ1) is 15.6. The van der Waals surface area contributed by atoms with Crippen LogP contribution in [0.2, 0.25) is 0 Å². The molecular formula is C14H25N3O2S. The third-order valence-electron chi connectivity index (χ3n) is 3.93. The average molecular weight is 299 g/mol. The average Bonchev–Trinajstić information content (AvgIpc) is 3.30. The summed E-state index contributed by atoms with van der Waals surface area (Å²) in [5.74, 6) is 1.50. The zero-order valence-electron chi connectivity index (χ0n) is 12.0. The third kappa shape index (κ3) is 5.32. The van der Waals surface area contributed by atoms with Crippen molar-refractivity contribution in [3.8, 4) is 0 Å². The highest BCUT2D eigenvalue weighted by atomic mass is 32.2. The Kier molecular flexibility index (Phi) is 6.16. The van der Waals surface area contributed by atoms with Gasteiger partial charge in [-0.25, -0.2) is 0 Å². The van der Waals surface area contributed by atoms with Gasteiger partial charge in [0.2, 0.25) is 11.8 Å². The lowest BCUT2D eigenvalue weighted by Crippen LogP contribution is -2.40. The van der Waals surface area contributed by atoms with Crippen molar-refractivity contribution in [3.63, 3.8) is 0 Å².